The van der Waals surface area contributed by atoms with Crippen LogP contribution >= 0.6 is 11.6 Å². The number of aliphatic carboxylic acids is 1. The minimum absolute atomic E-state index is 0.0257. The molecular weight excluding hydrogens is 547 g/mol. The third-order valence-corrected chi connectivity index (χ3v) is 7.59. The summed E-state index contributed by atoms with van der Waals surface area (Å²) in [4.78, 5) is 35.6. The van der Waals surface area contributed by atoms with Crippen molar-refractivity contribution in [2.45, 2.75) is 50.5 Å². The molecule has 0 spiro atoms. The predicted octanol–water partition coefficient (Wildman–Crippen LogP) is 5.73. The third-order valence-electron chi connectivity index (χ3n) is 7.34. The van der Waals surface area contributed by atoms with Crippen molar-refractivity contribution in [1.29, 1.82) is 0 Å². The summed E-state index contributed by atoms with van der Waals surface area (Å²) in [6.07, 6.45) is 3.30. The molecule has 0 amide bonds. The molecule has 4 aromatic rings. The second kappa shape index (κ2) is 12.2. The van der Waals surface area contributed by atoms with Crippen LogP contribution in [0.4, 0.5) is 4.39 Å². The molecule has 8 nitrogen and oxygen atoms in total. The first kappa shape index (κ1) is 28.4. The fraction of sp³-hybridized carbons (Fsp3) is 0.290. The van der Waals surface area contributed by atoms with Gasteiger partial charge in [0.1, 0.15) is 11.6 Å². The van der Waals surface area contributed by atoms with Crippen LogP contribution in [0.5, 0.6) is 0 Å². The van der Waals surface area contributed by atoms with Crippen molar-refractivity contribution in [3.05, 3.63) is 105 Å². The highest BCUT2D eigenvalue weighted by atomic mass is 35.5. The van der Waals surface area contributed by atoms with Crippen molar-refractivity contribution in [3.63, 3.8) is 0 Å². The van der Waals surface area contributed by atoms with Crippen LogP contribution in [0.25, 0.3) is 16.6 Å². The summed E-state index contributed by atoms with van der Waals surface area (Å²) in [5.74, 6) is -0.818. The Morgan fingerprint density at radius 2 is 1.83 bits per heavy atom. The summed E-state index contributed by atoms with van der Waals surface area (Å²) < 4.78 is 15.1. The predicted molar refractivity (Wildman–Crippen MR) is 156 cm³/mol. The molecule has 0 saturated carbocycles. The number of carbonyl (C=O) groups is 1. The molecule has 1 aliphatic heterocycles. The number of halogens is 2. The van der Waals surface area contributed by atoms with Gasteiger partial charge in [-0.25, -0.2) is 9.37 Å². The van der Waals surface area contributed by atoms with E-state index in [0.29, 0.717) is 66.1 Å². The van der Waals surface area contributed by atoms with Gasteiger partial charge < -0.3 is 15.7 Å². The Balaban J connectivity index is 1.51. The zero-order valence-corrected chi connectivity index (χ0v) is 23.1. The number of carboxylic acids is 1. The van der Waals surface area contributed by atoms with E-state index in [0.717, 1.165) is 23.3 Å². The van der Waals surface area contributed by atoms with Crippen LogP contribution in [0.3, 0.4) is 0 Å². The highest BCUT2D eigenvalue weighted by Crippen LogP contribution is 2.41. The number of hydrogen-bond acceptors (Lipinski definition) is 6. The molecule has 10 heteroatoms. The normalized spacial score (nSPS) is 16.5. The first-order chi connectivity index (χ1) is 19.8. The Hall–Kier alpha value is -4.08. The number of unbranched alkanes of at least 4 members (excludes halogenated alkanes) is 1. The van der Waals surface area contributed by atoms with Gasteiger partial charge in [-0.2, -0.15) is 0 Å². The van der Waals surface area contributed by atoms with E-state index >= 15 is 0 Å². The van der Waals surface area contributed by atoms with Gasteiger partial charge in [-0.15, -0.1) is 0 Å². The smallest absolute Gasteiger partial charge is 0.303 e. The quantitative estimate of drug-likeness (QED) is 0.220. The Morgan fingerprint density at radius 1 is 1.07 bits per heavy atom. The maximum Gasteiger partial charge on any atom is 0.303 e. The van der Waals surface area contributed by atoms with E-state index in [4.69, 9.17) is 32.3 Å². The Bertz CT molecular complexity index is 1650. The Kier molecular flexibility index (Phi) is 8.46. The van der Waals surface area contributed by atoms with E-state index in [1.807, 2.05) is 36.4 Å². The number of benzene rings is 3. The SMILES string of the molecule is NCCCC1(c2ccc(Cl)cc2)CC(c2ccc3c(=O)n(-c4ccc(F)cc4)c(CCCCC(=O)O)nc3c2)=NO1. The molecule has 0 radical (unpaired) electrons. The molecule has 0 aliphatic carbocycles. The lowest BCUT2D eigenvalue weighted by Crippen LogP contribution is -2.27. The number of aromatic nitrogens is 2. The van der Waals surface area contributed by atoms with Gasteiger partial charge in [0.15, 0.2) is 5.60 Å². The van der Waals surface area contributed by atoms with E-state index < -0.39 is 17.4 Å². The fourth-order valence-corrected chi connectivity index (χ4v) is 5.33. The average molecular weight is 577 g/mol. The number of fused-ring (bicyclic) bond motifs is 1. The number of nitrogens with two attached hydrogens (primary N) is 1. The number of nitrogens with zero attached hydrogens (tertiary/aromatic N) is 3. The van der Waals surface area contributed by atoms with Crippen LogP contribution in [0.15, 0.2) is 76.7 Å². The van der Waals surface area contributed by atoms with E-state index in [9.17, 15) is 14.0 Å². The minimum Gasteiger partial charge on any atom is -0.481 e. The van der Waals surface area contributed by atoms with Crippen LogP contribution in [-0.4, -0.2) is 32.9 Å². The Labute approximate surface area is 241 Å². The first-order valence-electron chi connectivity index (χ1n) is 13.5. The standard InChI is InChI=1S/C31H30ClFN4O4/c32-22-9-7-21(8-10-22)31(16-3-17-34)19-27(36-41-31)20-6-15-25-26(18-20)35-28(4-1-2-5-29(38)39)37(30(25)40)24-13-11-23(33)12-14-24/h6-15,18H,1-5,16-17,19,34H2,(H,38,39). The van der Waals surface area contributed by atoms with Crippen molar-refractivity contribution >= 4 is 34.2 Å². The summed E-state index contributed by atoms with van der Waals surface area (Å²) in [7, 11) is 0. The van der Waals surface area contributed by atoms with Crippen LogP contribution in [-0.2, 0) is 21.7 Å². The van der Waals surface area contributed by atoms with Crippen LogP contribution in [0, 0.1) is 5.82 Å². The van der Waals surface area contributed by atoms with Gasteiger partial charge in [-0.3, -0.25) is 14.2 Å². The molecule has 1 atom stereocenters. The van der Waals surface area contributed by atoms with Gasteiger partial charge in [0.2, 0.25) is 0 Å². The van der Waals surface area contributed by atoms with Crippen molar-refractivity contribution in [3.8, 4) is 5.69 Å². The monoisotopic (exact) mass is 576 g/mol. The molecule has 3 N–H and O–H groups in total. The number of carboxylic acid groups (broad SMARTS) is 1. The highest BCUT2D eigenvalue weighted by molar-refractivity contribution is 6.30. The van der Waals surface area contributed by atoms with Gasteiger partial charge in [0.05, 0.1) is 22.3 Å². The zero-order chi connectivity index (χ0) is 29.0. The van der Waals surface area contributed by atoms with Crippen molar-refractivity contribution < 1.29 is 19.1 Å². The molecule has 1 aromatic heterocycles. The highest BCUT2D eigenvalue weighted by Gasteiger charge is 2.41. The second-order valence-electron chi connectivity index (χ2n) is 10.2. The third kappa shape index (κ3) is 6.16. The molecule has 1 unspecified atom stereocenters. The van der Waals surface area contributed by atoms with Crippen molar-refractivity contribution in [2.24, 2.45) is 10.9 Å². The van der Waals surface area contributed by atoms with Crippen LogP contribution in [0.2, 0.25) is 5.02 Å². The Morgan fingerprint density at radius 3 is 2.54 bits per heavy atom. The van der Waals surface area contributed by atoms with Gasteiger partial charge in [-0.05, 0) is 86.3 Å². The minimum atomic E-state index is -0.877. The van der Waals surface area contributed by atoms with Crippen LogP contribution < -0.4 is 11.3 Å². The molecule has 0 saturated heterocycles. The molecule has 3 aromatic carbocycles. The largest absolute Gasteiger partial charge is 0.481 e. The van der Waals surface area contributed by atoms with E-state index in [1.54, 1.807) is 6.07 Å². The van der Waals surface area contributed by atoms with Crippen molar-refractivity contribution in [2.75, 3.05) is 6.54 Å². The molecule has 212 valence electrons. The zero-order valence-electron chi connectivity index (χ0n) is 22.4. The van der Waals surface area contributed by atoms with E-state index in [1.165, 1.54) is 28.8 Å². The second-order valence-corrected chi connectivity index (χ2v) is 10.6. The van der Waals surface area contributed by atoms with Gasteiger partial charge in [0, 0.05) is 29.8 Å². The maximum absolute atomic E-state index is 13.7. The fourth-order valence-electron chi connectivity index (χ4n) is 5.20. The van der Waals surface area contributed by atoms with Crippen molar-refractivity contribution in [1.82, 2.24) is 9.55 Å². The number of aryl methyl sites for hydroxylation is 1. The molecule has 5 rings (SSSR count). The van der Waals surface area contributed by atoms with Gasteiger partial charge in [0.25, 0.3) is 5.56 Å². The maximum atomic E-state index is 13.7. The number of rotatable bonds is 11. The summed E-state index contributed by atoms with van der Waals surface area (Å²) in [6.45, 7) is 0.517. The number of hydrogen-bond donors (Lipinski definition) is 2. The molecule has 2 heterocycles. The summed E-state index contributed by atoms with van der Waals surface area (Å²) in [6, 6.07) is 18.5. The number of oxime groups is 1. The lowest BCUT2D eigenvalue weighted by atomic mass is 9.83. The topological polar surface area (TPSA) is 120 Å². The van der Waals surface area contributed by atoms with E-state index in [-0.39, 0.29) is 12.0 Å². The van der Waals surface area contributed by atoms with E-state index in [2.05, 4.69) is 5.16 Å². The molecule has 0 bridgehead atoms. The average Bonchev–Trinajstić information content (AvgIpc) is 3.40. The molecule has 1 aliphatic rings. The molecule has 41 heavy (non-hydrogen) atoms. The van der Waals surface area contributed by atoms with Gasteiger partial charge in [-0.1, -0.05) is 35.0 Å². The lowest BCUT2D eigenvalue weighted by molar-refractivity contribution is -0.137. The van der Waals surface area contributed by atoms with Crippen LogP contribution in [0.1, 0.15) is 55.5 Å². The summed E-state index contributed by atoms with van der Waals surface area (Å²) in [5, 5.41) is 14.5. The molecular formula is C31H30ClFN4O4. The molecule has 0 fully saturated rings. The summed E-state index contributed by atoms with van der Waals surface area (Å²) in [5.41, 5.74) is 8.31. The summed E-state index contributed by atoms with van der Waals surface area (Å²) >= 11 is 6.12. The van der Waals surface area contributed by atoms with Gasteiger partial charge >= 0.3 is 5.97 Å². The first-order valence-corrected chi connectivity index (χ1v) is 13.9. The lowest BCUT2D eigenvalue weighted by Gasteiger charge is -2.27.